The van der Waals surface area contributed by atoms with E-state index in [1.54, 1.807) is 6.92 Å². The molecular weight excluding hydrogens is 190 g/mol. The minimum absolute atomic E-state index is 0.120. The largest absolute Gasteiger partial charge is 0.478 e. The van der Waals surface area contributed by atoms with E-state index in [9.17, 15) is 13.6 Å². The van der Waals surface area contributed by atoms with Crippen LogP contribution in [0.15, 0.2) is 11.6 Å². The molecule has 0 heterocycles. The topological polar surface area (TPSA) is 37.3 Å². The van der Waals surface area contributed by atoms with Gasteiger partial charge in [-0.25, -0.2) is 13.6 Å². The van der Waals surface area contributed by atoms with Gasteiger partial charge in [0, 0.05) is 18.4 Å². The second-order valence-corrected chi connectivity index (χ2v) is 3.71. The molecule has 0 aromatic rings. The van der Waals surface area contributed by atoms with Crippen LogP contribution in [0.1, 0.15) is 32.6 Å². The number of carbonyl (C=O) groups is 1. The third kappa shape index (κ3) is 2.79. The van der Waals surface area contributed by atoms with Crippen molar-refractivity contribution in [1.29, 1.82) is 0 Å². The maximum Gasteiger partial charge on any atom is 0.331 e. The summed E-state index contributed by atoms with van der Waals surface area (Å²) in [6.45, 7) is 1.72. The Kier molecular flexibility index (Phi) is 3.24. The van der Waals surface area contributed by atoms with E-state index in [0.717, 1.165) is 0 Å². The fourth-order valence-electron chi connectivity index (χ4n) is 1.75. The summed E-state index contributed by atoms with van der Waals surface area (Å²) in [5.74, 6) is -3.86. The first kappa shape index (κ1) is 11.1. The number of halogens is 2. The van der Waals surface area contributed by atoms with Crippen LogP contribution in [0.3, 0.4) is 0 Å². The van der Waals surface area contributed by atoms with Gasteiger partial charge in [0.2, 0.25) is 5.92 Å². The van der Waals surface area contributed by atoms with Crippen molar-refractivity contribution in [2.75, 3.05) is 0 Å². The monoisotopic (exact) mass is 204 g/mol. The molecule has 80 valence electrons. The number of hydrogen-bond donors (Lipinski definition) is 1. The van der Waals surface area contributed by atoms with Gasteiger partial charge in [-0.05, 0) is 18.8 Å². The number of aliphatic carboxylic acids is 1. The molecule has 0 amide bonds. The van der Waals surface area contributed by atoms with E-state index in [1.165, 1.54) is 6.08 Å². The fourth-order valence-corrected chi connectivity index (χ4v) is 1.75. The molecule has 0 bridgehead atoms. The Labute approximate surface area is 81.6 Å². The highest BCUT2D eigenvalue weighted by Gasteiger charge is 2.38. The maximum atomic E-state index is 12.8. The molecule has 0 aromatic carbocycles. The standard InChI is InChI=1S/C10H14F2O2/c1-2-8(9(13)14)5-7-3-4-10(11,12)6-7/h5,7H,2-4,6H2,1H3,(H,13,14)/b8-5+. The molecule has 1 N–H and O–H groups in total. The van der Waals surface area contributed by atoms with Crippen molar-refractivity contribution < 1.29 is 18.7 Å². The number of alkyl halides is 2. The van der Waals surface area contributed by atoms with E-state index < -0.39 is 11.9 Å². The van der Waals surface area contributed by atoms with Gasteiger partial charge >= 0.3 is 5.97 Å². The van der Waals surface area contributed by atoms with Crippen LogP contribution < -0.4 is 0 Å². The molecule has 0 aromatic heterocycles. The second kappa shape index (κ2) is 4.07. The first-order chi connectivity index (χ1) is 6.44. The first-order valence-electron chi connectivity index (χ1n) is 4.76. The lowest BCUT2D eigenvalue weighted by atomic mass is 10.0. The van der Waals surface area contributed by atoms with Gasteiger partial charge in [-0.3, -0.25) is 0 Å². The van der Waals surface area contributed by atoms with Gasteiger partial charge in [0.05, 0.1) is 0 Å². The van der Waals surface area contributed by atoms with Crippen molar-refractivity contribution in [3.05, 3.63) is 11.6 Å². The van der Waals surface area contributed by atoms with Gasteiger partial charge in [0.25, 0.3) is 0 Å². The molecule has 0 radical (unpaired) electrons. The average molecular weight is 204 g/mol. The summed E-state index contributed by atoms with van der Waals surface area (Å²) < 4.78 is 25.5. The molecule has 1 aliphatic rings. The van der Waals surface area contributed by atoms with E-state index in [4.69, 9.17) is 5.11 Å². The van der Waals surface area contributed by atoms with Crippen LogP contribution in [0.2, 0.25) is 0 Å². The maximum absolute atomic E-state index is 12.8. The lowest BCUT2D eigenvalue weighted by Gasteiger charge is -2.07. The zero-order valence-corrected chi connectivity index (χ0v) is 8.09. The van der Waals surface area contributed by atoms with Crippen LogP contribution in [-0.4, -0.2) is 17.0 Å². The van der Waals surface area contributed by atoms with Gasteiger partial charge < -0.3 is 5.11 Å². The summed E-state index contributed by atoms with van der Waals surface area (Å²) in [4.78, 5) is 10.6. The van der Waals surface area contributed by atoms with Gasteiger partial charge in [0.15, 0.2) is 0 Å². The molecule has 1 unspecified atom stereocenters. The molecule has 1 aliphatic carbocycles. The van der Waals surface area contributed by atoms with Crippen molar-refractivity contribution >= 4 is 5.97 Å². The van der Waals surface area contributed by atoms with E-state index in [2.05, 4.69) is 0 Å². The Balaban J connectivity index is 2.64. The van der Waals surface area contributed by atoms with Crippen molar-refractivity contribution in [1.82, 2.24) is 0 Å². The Hall–Kier alpha value is -0.930. The summed E-state index contributed by atoms with van der Waals surface area (Å²) in [6.07, 6.45) is 1.94. The minimum atomic E-state index is -2.60. The van der Waals surface area contributed by atoms with Gasteiger partial charge in [-0.1, -0.05) is 13.0 Å². The van der Waals surface area contributed by atoms with Gasteiger partial charge in [0.1, 0.15) is 0 Å². The molecule has 2 nitrogen and oxygen atoms in total. The zero-order chi connectivity index (χ0) is 10.8. The molecule has 1 atom stereocenters. The number of allylic oxidation sites excluding steroid dienone is 1. The molecule has 0 aliphatic heterocycles. The number of carboxylic acid groups (broad SMARTS) is 1. The smallest absolute Gasteiger partial charge is 0.331 e. The highest BCUT2D eigenvalue weighted by atomic mass is 19.3. The van der Waals surface area contributed by atoms with E-state index >= 15 is 0 Å². The van der Waals surface area contributed by atoms with E-state index in [-0.39, 0.29) is 24.3 Å². The Morgan fingerprint density at radius 3 is 2.64 bits per heavy atom. The Bertz CT molecular complexity index is 259. The van der Waals surface area contributed by atoms with E-state index in [0.29, 0.717) is 12.8 Å². The van der Waals surface area contributed by atoms with Crippen molar-refractivity contribution in [2.24, 2.45) is 5.92 Å². The quantitative estimate of drug-likeness (QED) is 0.718. The van der Waals surface area contributed by atoms with Crippen LogP contribution >= 0.6 is 0 Å². The summed E-state index contributed by atoms with van der Waals surface area (Å²) >= 11 is 0. The molecule has 1 fully saturated rings. The summed E-state index contributed by atoms with van der Waals surface area (Å²) in [6, 6.07) is 0. The predicted molar refractivity (Wildman–Crippen MR) is 48.3 cm³/mol. The van der Waals surface area contributed by atoms with Crippen LogP contribution in [0.4, 0.5) is 8.78 Å². The fraction of sp³-hybridized carbons (Fsp3) is 0.700. The van der Waals surface area contributed by atoms with Crippen molar-refractivity contribution in [3.8, 4) is 0 Å². The third-order valence-electron chi connectivity index (χ3n) is 2.53. The summed E-state index contributed by atoms with van der Waals surface area (Å²) in [7, 11) is 0. The predicted octanol–water partition coefficient (Wildman–Crippen LogP) is 2.84. The molecular formula is C10H14F2O2. The van der Waals surface area contributed by atoms with Crippen LogP contribution in [0.25, 0.3) is 0 Å². The van der Waals surface area contributed by atoms with Crippen molar-refractivity contribution in [3.63, 3.8) is 0 Å². The number of rotatable bonds is 3. The second-order valence-electron chi connectivity index (χ2n) is 3.71. The first-order valence-corrected chi connectivity index (χ1v) is 4.76. The summed E-state index contributed by atoms with van der Waals surface area (Å²) in [5.41, 5.74) is 0.243. The highest BCUT2D eigenvalue weighted by Crippen LogP contribution is 2.39. The lowest BCUT2D eigenvalue weighted by Crippen LogP contribution is -2.09. The van der Waals surface area contributed by atoms with Crippen LogP contribution in [0.5, 0.6) is 0 Å². The highest BCUT2D eigenvalue weighted by molar-refractivity contribution is 5.86. The van der Waals surface area contributed by atoms with Crippen LogP contribution in [0, 0.1) is 5.92 Å². The molecule has 1 rings (SSSR count). The minimum Gasteiger partial charge on any atom is -0.478 e. The number of hydrogen-bond acceptors (Lipinski definition) is 1. The van der Waals surface area contributed by atoms with E-state index in [1.807, 2.05) is 0 Å². The average Bonchev–Trinajstić information content (AvgIpc) is 2.41. The normalized spacial score (nSPS) is 26.5. The Morgan fingerprint density at radius 1 is 1.64 bits per heavy atom. The molecule has 1 saturated carbocycles. The molecule has 0 saturated heterocycles. The molecule has 4 heteroatoms. The van der Waals surface area contributed by atoms with Gasteiger partial charge in [-0.2, -0.15) is 0 Å². The molecule has 14 heavy (non-hydrogen) atoms. The van der Waals surface area contributed by atoms with Gasteiger partial charge in [-0.15, -0.1) is 0 Å². The molecule has 0 spiro atoms. The number of carboxylic acids is 1. The summed E-state index contributed by atoms with van der Waals surface area (Å²) in [5, 5.41) is 8.71. The third-order valence-corrected chi connectivity index (χ3v) is 2.53. The van der Waals surface area contributed by atoms with Crippen LogP contribution in [-0.2, 0) is 4.79 Å². The lowest BCUT2D eigenvalue weighted by molar-refractivity contribution is -0.132. The van der Waals surface area contributed by atoms with Crippen molar-refractivity contribution in [2.45, 2.75) is 38.5 Å². The zero-order valence-electron chi connectivity index (χ0n) is 8.09. The SMILES string of the molecule is CC/C(=C\C1CCC(F)(F)C1)C(=O)O. The Morgan fingerprint density at radius 2 is 2.29 bits per heavy atom.